The van der Waals surface area contributed by atoms with Gasteiger partial charge in [0.15, 0.2) is 0 Å². The molecule has 1 aromatic rings. The summed E-state index contributed by atoms with van der Waals surface area (Å²) in [6.45, 7) is 8.61. The second-order valence-electron chi connectivity index (χ2n) is 5.07. The first-order valence-corrected chi connectivity index (χ1v) is 6.60. The Morgan fingerprint density at radius 2 is 1.89 bits per heavy atom. The fourth-order valence-electron chi connectivity index (χ4n) is 1.65. The van der Waals surface area contributed by atoms with Crippen molar-refractivity contribution in [3.63, 3.8) is 0 Å². The zero-order valence-corrected chi connectivity index (χ0v) is 12.4. The van der Waals surface area contributed by atoms with Crippen molar-refractivity contribution in [1.82, 2.24) is 5.32 Å². The largest absolute Gasteiger partial charge is 0.369 e. The van der Waals surface area contributed by atoms with Crippen LogP contribution >= 0.6 is 0 Å². The van der Waals surface area contributed by atoms with Gasteiger partial charge in [-0.15, -0.1) is 0 Å². The molecule has 0 saturated heterocycles. The number of ether oxygens (including phenoxy) is 1. The molecule has 1 aromatic carbocycles. The van der Waals surface area contributed by atoms with Crippen LogP contribution < -0.4 is 10.6 Å². The van der Waals surface area contributed by atoms with Gasteiger partial charge in [0.05, 0.1) is 0 Å². The maximum Gasteiger partial charge on any atom is 0.256 e. The van der Waals surface area contributed by atoms with Crippen LogP contribution in [0, 0.1) is 0 Å². The highest BCUT2D eigenvalue weighted by atomic mass is 16.5. The molecule has 0 saturated carbocycles. The van der Waals surface area contributed by atoms with Crippen LogP contribution in [0.1, 0.15) is 39.3 Å². The SMILES string of the molecule is CCNC(C)c1ccc(NC(=O)C(C)(C)OC)cc1. The normalized spacial score (nSPS) is 13.1. The number of benzene rings is 1. The van der Waals surface area contributed by atoms with E-state index in [0.29, 0.717) is 6.04 Å². The van der Waals surface area contributed by atoms with E-state index in [2.05, 4.69) is 24.5 Å². The smallest absolute Gasteiger partial charge is 0.256 e. The van der Waals surface area contributed by atoms with Crippen LogP contribution in [0.3, 0.4) is 0 Å². The minimum atomic E-state index is -0.824. The van der Waals surface area contributed by atoms with E-state index in [1.54, 1.807) is 13.8 Å². The molecule has 4 heteroatoms. The van der Waals surface area contributed by atoms with E-state index in [-0.39, 0.29) is 5.91 Å². The minimum absolute atomic E-state index is 0.150. The van der Waals surface area contributed by atoms with E-state index < -0.39 is 5.60 Å². The van der Waals surface area contributed by atoms with E-state index in [0.717, 1.165) is 12.2 Å². The second-order valence-corrected chi connectivity index (χ2v) is 5.07. The van der Waals surface area contributed by atoms with Gasteiger partial charge in [-0.3, -0.25) is 4.79 Å². The Morgan fingerprint density at radius 1 is 1.32 bits per heavy atom. The summed E-state index contributed by atoms with van der Waals surface area (Å²) in [4.78, 5) is 11.9. The molecule has 1 rings (SSSR count). The van der Waals surface area contributed by atoms with Crippen LogP contribution in [0.5, 0.6) is 0 Å². The van der Waals surface area contributed by atoms with Crippen LogP contribution in [-0.4, -0.2) is 25.2 Å². The van der Waals surface area contributed by atoms with Gasteiger partial charge >= 0.3 is 0 Å². The topological polar surface area (TPSA) is 50.4 Å². The molecule has 0 aliphatic heterocycles. The Bertz CT molecular complexity index is 413. The molecule has 0 aliphatic rings. The lowest BCUT2D eigenvalue weighted by atomic mass is 10.1. The van der Waals surface area contributed by atoms with Crippen molar-refractivity contribution >= 4 is 11.6 Å². The van der Waals surface area contributed by atoms with Crippen molar-refractivity contribution in [2.75, 3.05) is 19.0 Å². The van der Waals surface area contributed by atoms with Gasteiger partial charge in [-0.05, 0) is 45.0 Å². The molecular weight excluding hydrogens is 240 g/mol. The molecule has 0 aliphatic carbocycles. The molecule has 2 N–H and O–H groups in total. The first-order valence-electron chi connectivity index (χ1n) is 6.60. The molecule has 4 nitrogen and oxygen atoms in total. The van der Waals surface area contributed by atoms with Gasteiger partial charge in [0.25, 0.3) is 5.91 Å². The van der Waals surface area contributed by atoms with E-state index in [1.807, 2.05) is 24.3 Å². The number of methoxy groups -OCH3 is 1. The summed E-state index contributed by atoms with van der Waals surface area (Å²) in [5, 5.41) is 6.19. The van der Waals surface area contributed by atoms with E-state index in [1.165, 1.54) is 12.7 Å². The molecule has 1 amide bonds. The summed E-state index contributed by atoms with van der Waals surface area (Å²) in [6, 6.07) is 8.16. The van der Waals surface area contributed by atoms with E-state index in [9.17, 15) is 4.79 Å². The van der Waals surface area contributed by atoms with Gasteiger partial charge in [-0.25, -0.2) is 0 Å². The van der Waals surface area contributed by atoms with Gasteiger partial charge in [0, 0.05) is 18.8 Å². The quantitative estimate of drug-likeness (QED) is 0.830. The molecule has 0 bridgehead atoms. The van der Waals surface area contributed by atoms with Crippen molar-refractivity contribution in [3.8, 4) is 0 Å². The Hall–Kier alpha value is -1.39. The number of nitrogens with one attached hydrogen (secondary N) is 2. The maximum atomic E-state index is 11.9. The monoisotopic (exact) mass is 264 g/mol. The summed E-state index contributed by atoms with van der Waals surface area (Å²) < 4.78 is 5.14. The van der Waals surface area contributed by atoms with E-state index in [4.69, 9.17) is 4.74 Å². The summed E-state index contributed by atoms with van der Waals surface area (Å²) >= 11 is 0. The predicted octanol–water partition coefficient (Wildman–Crippen LogP) is 2.72. The van der Waals surface area contributed by atoms with Crippen molar-refractivity contribution < 1.29 is 9.53 Å². The van der Waals surface area contributed by atoms with Crippen molar-refractivity contribution in [3.05, 3.63) is 29.8 Å². The zero-order valence-electron chi connectivity index (χ0n) is 12.4. The third kappa shape index (κ3) is 4.33. The number of amides is 1. The molecule has 1 atom stereocenters. The Kier molecular flexibility index (Phi) is 5.51. The third-order valence-corrected chi connectivity index (χ3v) is 3.24. The third-order valence-electron chi connectivity index (χ3n) is 3.24. The highest BCUT2D eigenvalue weighted by Crippen LogP contribution is 2.17. The van der Waals surface area contributed by atoms with Crippen LogP contribution in [0.15, 0.2) is 24.3 Å². The van der Waals surface area contributed by atoms with Crippen molar-refractivity contribution in [2.24, 2.45) is 0 Å². The predicted molar refractivity (Wildman–Crippen MR) is 78.3 cm³/mol. The van der Waals surface area contributed by atoms with Gasteiger partial charge in [0.2, 0.25) is 0 Å². The van der Waals surface area contributed by atoms with Crippen LogP contribution in [0.2, 0.25) is 0 Å². The Balaban J connectivity index is 2.70. The zero-order chi connectivity index (χ0) is 14.5. The summed E-state index contributed by atoms with van der Waals surface area (Å²) in [5.41, 5.74) is 1.16. The van der Waals surface area contributed by atoms with Crippen molar-refractivity contribution in [1.29, 1.82) is 0 Å². The Morgan fingerprint density at radius 3 is 2.37 bits per heavy atom. The average molecular weight is 264 g/mol. The lowest BCUT2D eigenvalue weighted by Crippen LogP contribution is -2.38. The summed E-state index contributed by atoms with van der Waals surface area (Å²) in [6.07, 6.45) is 0. The summed E-state index contributed by atoms with van der Waals surface area (Å²) in [7, 11) is 1.53. The molecule has 0 fully saturated rings. The molecule has 19 heavy (non-hydrogen) atoms. The van der Waals surface area contributed by atoms with Gasteiger partial charge < -0.3 is 15.4 Å². The number of hydrogen-bond acceptors (Lipinski definition) is 3. The maximum absolute atomic E-state index is 11.9. The molecular formula is C15H24N2O2. The first-order chi connectivity index (χ1) is 8.90. The summed E-state index contributed by atoms with van der Waals surface area (Å²) in [5.74, 6) is -0.150. The number of anilines is 1. The molecule has 106 valence electrons. The van der Waals surface area contributed by atoms with Crippen LogP contribution in [0.4, 0.5) is 5.69 Å². The lowest BCUT2D eigenvalue weighted by Gasteiger charge is -2.22. The fourth-order valence-corrected chi connectivity index (χ4v) is 1.65. The molecule has 0 aromatic heterocycles. The minimum Gasteiger partial charge on any atom is -0.369 e. The highest BCUT2D eigenvalue weighted by Gasteiger charge is 2.26. The van der Waals surface area contributed by atoms with Gasteiger partial charge in [0.1, 0.15) is 5.60 Å². The molecule has 0 spiro atoms. The lowest BCUT2D eigenvalue weighted by molar-refractivity contribution is -0.133. The van der Waals surface area contributed by atoms with Crippen LogP contribution in [0.25, 0.3) is 0 Å². The fraction of sp³-hybridized carbons (Fsp3) is 0.533. The average Bonchev–Trinajstić information content (AvgIpc) is 2.39. The van der Waals surface area contributed by atoms with E-state index >= 15 is 0 Å². The van der Waals surface area contributed by atoms with Crippen molar-refractivity contribution in [2.45, 2.75) is 39.3 Å². The molecule has 0 heterocycles. The molecule has 1 unspecified atom stereocenters. The molecule has 0 radical (unpaired) electrons. The standard InChI is InChI=1S/C15H24N2O2/c1-6-16-11(2)12-7-9-13(10-8-12)17-14(18)15(3,4)19-5/h7-11,16H,6H2,1-5H3,(H,17,18). The van der Waals surface area contributed by atoms with Gasteiger partial charge in [-0.1, -0.05) is 19.1 Å². The number of hydrogen-bond donors (Lipinski definition) is 2. The number of carbonyl (C=O) groups is 1. The Labute approximate surface area is 115 Å². The van der Waals surface area contributed by atoms with Crippen LogP contribution in [-0.2, 0) is 9.53 Å². The first kappa shape index (κ1) is 15.7. The number of carbonyl (C=O) groups excluding carboxylic acids is 1. The second kappa shape index (κ2) is 6.68. The number of rotatable bonds is 6. The van der Waals surface area contributed by atoms with Gasteiger partial charge in [-0.2, -0.15) is 0 Å². The highest BCUT2D eigenvalue weighted by molar-refractivity contribution is 5.96.